The average molecular weight is 261 g/mol. The molecule has 0 amide bonds. The van der Waals surface area contributed by atoms with Crippen LogP contribution in [0.25, 0.3) is 0 Å². The normalized spacial score (nSPS) is 19.8. The molecule has 1 fully saturated rings. The molecule has 1 unspecified atom stereocenters. The van der Waals surface area contributed by atoms with Crippen LogP contribution in [0.4, 0.5) is 0 Å². The van der Waals surface area contributed by atoms with E-state index in [1.54, 1.807) is 0 Å². The fraction of sp³-hybridized carbons (Fsp3) is 0.562. The maximum Gasteiger partial charge on any atom is 0.176 e. The molecular formula is C16H23NO2. The van der Waals surface area contributed by atoms with Gasteiger partial charge in [0, 0.05) is 18.7 Å². The average Bonchev–Trinajstić information content (AvgIpc) is 2.86. The Kier molecular flexibility index (Phi) is 5.11. The molecule has 0 aromatic heterocycles. The number of aliphatic hydroxyl groups is 1. The highest BCUT2D eigenvalue weighted by Gasteiger charge is 2.23. The van der Waals surface area contributed by atoms with Gasteiger partial charge in [-0.05, 0) is 37.3 Å². The Morgan fingerprint density at radius 2 is 2.11 bits per heavy atom. The summed E-state index contributed by atoms with van der Waals surface area (Å²) in [6.45, 7) is 4.80. The summed E-state index contributed by atoms with van der Waals surface area (Å²) in [5.41, 5.74) is 2.07. The topological polar surface area (TPSA) is 40.5 Å². The molecule has 1 aliphatic rings. The number of carbonyl (C=O) groups excluding carboxylic acids is 1. The number of ketones is 1. The fourth-order valence-electron chi connectivity index (χ4n) is 2.70. The maximum atomic E-state index is 12.2. The van der Waals surface area contributed by atoms with Crippen molar-refractivity contribution in [2.45, 2.75) is 26.2 Å². The maximum absolute atomic E-state index is 12.2. The molecule has 1 aliphatic heterocycles. The van der Waals surface area contributed by atoms with Crippen molar-refractivity contribution >= 4 is 5.78 Å². The van der Waals surface area contributed by atoms with E-state index in [2.05, 4.69) is 11.8 Å². The standard InChI is InChI=1S/C16H23NO2/c1-2-13-3-5-15(6-4-13)16(19)12-17-9-7-14(11-17)8-10-18/h3-6,14,18H,2,7-12H2,1H3. The van der Waals surface area contributed by atoms with E-state index in [1.807, 2.05) is 24.3 Å². The van der Waals surface area contributed by atoms with Gasteiger partial charge in [0.25, 0.3) is 0 Å². The zero-order valence-electron chi connectivity index (χ0n) is 11.6. The van der Waals surface area contributed by atoms with E-state index >= 15 is 0 Å². The minimum Gasteiger partial charge on any atom is -0.396 e. The molecule has 0 aliphatic carbocycles. The monoisotopic (exact) mass is 261 g/mol. The first-order valence-electron chi connectivity index (χ1n) is 7.18. The highest BCUT2D eigenvalue weighted by Crippen LogP contribution is 2.19. The number of likely N-dealkylation sites (tertiary alicyclic amines) is 1. The van der Waals surface area contributed by atoms with Gasteiger partial charge in [-0.3, -0.25) is 9.69 Å². The Balaban J connectivity index is 1.87. The van der Waals surface area contributed by atoms with E-state index in [1.165, 1.54) is 5.56 Å². The van der Waals surface area contributed by atoms with Crippen molar-refractivity contribution in [3.05, 3.63) is 35.4 Å². The van der Waals surface area contributed by atoms with Crippen LogP contribution in [0.2, 0.25) is 0 Å². The van der Waals surface area contributed by atoms with Crippen LogP contribution in [-0.2, 0) is 6.42 Å². The summed E-state index contributed by atoms with van der Waals surface area (Å²) in [6, 6.07) is 7.93. The Morgan fingerprint density at radius 3 is 2.74 bits per heavy atom. The molecule has 1 atom stereocenters. The number of Topliss-reactive ketones (excluding diaryl/α,β-unsaturated/α-hetero) is 1. The number of hydrogen-bond donors (Lipinski definition) is 1. The van der Waals surface area contributed by atoms with Crippen LogP contribution in [0.1, 0.15) is 35.7 Å². The summed E-state index contributed by atoms with van der Waals surface area (Å²) in [4.78, 5) is 14.4. The number of benzene rings is 1. The third-order valence-corrected chi connectivity index (χ3v) is 3.96. The van der Waals surface area contributed by atoms with E-state index in [0.717, 1.165) is 37.9 Å². The van der Waals surface area contributed by atoms with Crippen molar-refractivity contribution in [2.24, 2.45) is 5.92 Å². The van der Waals surface area contributed by atoms with Crippen LogP contribution in [0.15, 0.2) is 24.3 Å². The molecule has 1 saturated heterocycles. The summed E-state index contributed by atoms with van der Waals surface area (Å²) >= 11 is 0. The molecular weight excluding hydrogens is 238 g/mol. The van der Waals surface area contributed by atoms with Crippen LogP contribution in [-0.4, -0.2) is 42.0 Å². The Hall–Kier alpha value is -1.19. The van der Waals surface area contributed by atoms with Gasteiger partial charge in [0.2, 0.25) is 0 Å². The van der Waals surface area contributed by atoms with Crippen molar-refractivity contribution in [1.29, 1.82) is 0 Å². The minimum absolute atomic E-state index is 0.201. The third-order valence-electron chi connectivity index (χ3n) is 3.96. The Morgan fingerprint density at radius 1 is 1.37 bits per heavy atom. The van der Waals surface area contributed by atoms with Gasteiger partial charge < -0.3 is 5.11 Å². The third kappa shape index (κ3) is 3.88. The number of carbonyl (C=O) groups is 1. The fourth-order valence-corrected chi connectivity index (χ4v) is 2.70. The molecule has 19 heavy (non-hydrogen) atoms. The molecule has 1 heterocycles. The molecule has 1 aromatic carbocycles. The van der Waals surface area contributed by atoms with Crippen molar-refractivity contribution in [3.8, 4) is 0 Å². The lowest BCUT2D eigenvalue weighted by atomic mass is 10.1. The summed E-state index contributed by atoms with van der Waals surface area (Å²) < 4.78 is 0. The second-order valence-electron chi connectivity index (χ2n) is 5.38. The predicted octanol–water partition coefficient (Wildman–Crippen LogP) is 2.14. The largest absolute Gasteiger partial charge is 0.396 e. The van der Waals surface area contributed by atoms with Crippen LogP contribution in [0, 0.1) is 5.92 Å². The van der Waals surface area contributed by atoms with E-state index in [9.17, 15) is 4.79 Å². The van der Waals surface area contributed by atoms with Crippen LogP contribution in [0.5, 0.6) is 0 Å². The van der Waals surface area contributed by atoms with E-state index in [0.29, 0.717) is 12.5 Å². The molecule has 3 heteroatoms. The molecule has 3 nitrogen and oxygen atoms in total. The molecule has 1 N–H and O–H groups in total. The first-order valence-corrected chi connectivity index (χ1v) is 7.18. The first-order chi connectivity index (χ1) is 9.22. The number of aryl methyl sites for hydroxylation is 1. The number of rotatable bonds is 6. The van der Waals surface area contributed by atoms with Crippen molar-refractivity contribution < 1.29 is 9.90 Å². The molecule has 0 saturated carbocycles. The van der Waals surface area contributed by atoms with E-state index in [-0.39, 0.29) is 12.4 Å². The molecule has 104 valence electrons. The van der Waals surface area contributed by atoms with Crippen molar-refractivity contribution in [3.63, 3.8) is 0 Å². The van der Waals surface area contributed by atoms with Gasteiger partial charge >= 0.3 is 0 Å². The summed E-state index contributed by atoms with van der Waals surface area (Å²) in [7, 11) is 0. The minimum atomic E-state index is 0.201. The SMILES string of the molecule is CCc1ccc(C(=O)CN2CCC(CCO)C2)cc1. The number of hydrogen-bond acceptors (Lipinski definition) is 3. The van der Waals surface area contributed by atoms with Gasteiger partial charge in [0.05, 0.1) is 6.54 Å². The molecule has 2 rings (SSSR count). The zero-order chi connectivity index (χ0) is 13.7. The molecule has 0 radical (unpaired) electrons. The smallest absolute Gasteiger partial charge is 0.176 e. The lowest BCUT2D eigenvalue weighted by molar-refractivity contribution is 0.0942. The van der Waals surface area contributed by atoms with E-state index in [4.69, 9.17) is 5.11 Å². The van der Waals surface area contributed by atoms with Gasteiger partial charge in [0.1, 0.15) is 0 Å². The molecule has 1 aromatic rings. The van der Waals surface area contributed by atoms with Crippen molar-refractivity contribution in [1.82, 2.24) is 4.90 Å². The summed E-state index contributed by atoms with van der Waals surface area (Å²) in [5, 5.41) is 8.94. The second kappa shape index (κ2) is 6.83. The van der Waals surface area contributed by atoms with Crippen LogP contribution in [0.3, 0.4) is 0 Å². The van der Waals surface area contributed by atoms with Crippen LogP contribution >= 0.6 is 0 Å². The molecule has 0 spiro atoms. The second-order valence-corrected chi connectivity index (χ2v) is 5.38. The number of aliphatic hydroxyl groups excluding tert-OH is 1. The lowest BCUT2D eigenvalue weighted by Gasteiger charge is -2.15. The number of nitrogens with zero attached hydrogens (tertiary/aromatic N) is 1. The highest BCUT2D eigenvalue weighted by atomic mass is 16.3. The first kappa shape index (κ1) is 14.2. The lowest BCUT2D eigenvalue weighted by Crippen LogP contribution is -2.28. The predicted molar refractivity (Wildman–Crippen MR) is 76.4 cm³/mol. The molecule has 0 bridgehead atoms. The Bertz CT molecular complexity index is 413. The van der Waals surface area contributed by atoms with Gasteiger partial charge in [-0.1, -0.05) is 31.2 Å². The van der Waals surface area contributed by atoms with E-state index < -0.39 is 0 Å². The van der Waals surface area contributed by atoms with Gasteiger partial charge in [-0.15, -0.1) is 0 Å². The van der Waals surface area contributed by atoms with Crippen molar-refractivity contribution in [2.75, 3.05) is 26.2 Å². The van der Waals surface area contributed by atoms with Crippen LogP contribution < -0.4 is 0 Å². The van der Waals surface area contributed by atoms with Gasteiger partial charge in [-0.25, -0.2) is 0 Å². The van der Waals surface area contributed by atoms with Gasteiger partial charge in [0.15, 0.2) is 5.78 Å². The summed E-state index contributed by atoms with van der Waals surface area (Å²) in [5.74, 6) is 0.757. The summed E-state index contributed by atoms with van der Waals surface area (Å²) in [6.07, 6.45) is 2.96. The quantitative estimate of drug-likeness (QED) is 0.798. The highest BCUT2D eigenvalue weighted by molar-refractivity contribution is 5.97. The van der Waals surface area contributed by atoms with Gasteiger partial charge in [-0.2, -0.15) is 0 Å². The zero-order valence-corrected chi connectivity index (χ0v) is 11.6. The Labute approximate surface area is 115 Å².